The second kappa shape index (κ2) is 6.24. The molecule has 2 fully saturated rings. The molecule has 2 aromatic heterocycles. The van der Waals surface area contributed by atoms with E-state index in [1.807, 2.05) is 12.3 Å². The van der Waals surface area contributed by atoms with Crippen LogP contribution in [-0.2, 0) is 4.79 Å². The van der Waals surface area contributed by atoms with E-state index in [1.165, 1.54) is 6.33 Å². The number of anilines is 1. The van der Waals surface area contributed by atoms with Crippen LogP contribution in [-0.4, -0.2) is 57.9 Å². The zero-order valence-electron chi connectivity index (χ0n) is 13.9. The van der Waals surface area contributed by atoms with E-state index in [0.717, 1.165) is 36.2 Å². The Morgan fingerprint density at radius 3 is 2.84 bits per heavy atom. The van der Waals surface area contributed by atoms with Gasteiger partial charge in [-0.15, -0.1) is 0 Å². The average molecular weight is 349 g/mol. The SMILES string of the molecule is O=C(C1CCCN(c2ncnc3[nH]ccc23)C1)N1CCC(F)(F)CC1. The standard InChI is InChI=1S/C17H21F2N5O/c18-17(19)4-8-23(9-5-17)16(25)12-2-1-7-24(10-12)15-13-3-6-20-14(13)21-11-22-15/h3,6,11-12H,1-2,4-5,7-10H2,(H,20,21,22). The zero-order chi connectivity index (χ0) is 17.4. The largest absolute Gasteiger partial charge is 0.355 e. The van der Waals surface area contributed by atoms with Crippen molar-refractivity contribution in [1.82, 2.24) is 19.9 Å². The van der Waals surface area contributed by atoms with Crippen molar-refractivity contribution in [2.75, 3.05) is 31.1 Å². The van der Waals surface area contributed by atoms with Gasteiger partial charge in [0, 0.05) is 45.2 Å². The van der Waals surface area contributed by atoms with Gasteiger partial charge in [0.15, 0.2) is 0 Å². The highest BCUT2D eigenvalue weighted by atomic mass is 19.3. The molecule has 6 nitrogen and oxygen atoms in total. The minimum atomic E-state index is -2.63. The first-order chi connectivity index (χ1) is 12.0. The molecule has 0 spiro atoms. The lowest BCUT2D eigenvalue weighted by atomic mass is 9.95. The predicted molar refractivity (Wildman–Crippen MR) is 89.6 cm³/mol. The average Bonchev–Trinajstić information content (AvgIpc) is 3.10. The molecule has 2 saturated heterocycles. The first-order valence-corrected chi connectivity index (χ1v) is 8.73. The highest BCUT2D eigenvalue weighted by Crippen LogP contribution is 2.31. The number of fused-ring (bicyclic) bond motifs is 1. The summed E-state index contributed by atoms with van der Waals surface area (Å²) in [6.45, 7) is 1.71. The van der Waals surface area contributed by atoms with Gasteiger partial charge in [-0.05, 0) is 18.9 Å². The maximum atomic E-state index is 13.3. The second-order valence-electron chi connectivity index (χ2n) is 6.90. The molecule has 0 radical (unpaired) electrons. The number of hydrogen-bond donors (Lipinski definition) is 1. The monoisotopic (exact) mass is 349 g/mol. The number of rotatable bonds is 2. The van der Waals surface area contributed by atoms with E-state index < -0.39 is 5.92 Å². The molecule has 134 valence electrons. The van der Waals surface area contributed by atoms with Crippen molar-refractivity contribution in [3.8, 4) is 0 Å². The number of amides is 1. The minimum absolute atomic E-state index is 0.000399. The number of alkyl halides is 2. The fourth-order valence-electron chi connectivity index (χ4n) is 3.79. The smallest absolute Gasteiger partial charge is 0.251 e. The summed E-state index contributed by atoms with van der Waals surface area (Å²) in [5, 5.41) is 0.938. The summed E-state index contributed by atoms with van der Waals surface area (Å²) < 4.78 is 26.6. The number of piperidine rings is 2. The van der Waals surface area contributed by atoms with Gasteiger partial charge in [0.05, 0.1) is 11.3 Å². The van der Waals surface area contributed by atoms with Crippen LogP contribution in [0.5, 0.6) is 0 Å². The van der Waals surface area contributed by atoms with E-state index in [1.54, 1.807) is 4.90 Å². The first kappa shape index (κ1) is 16.2. The van der Waals surface area contributed by atoms with Gasteiger partial charge in [-0.2, -0.15) is 0 Å². The van der Waals surface area contributed by atoms with Crippen LogP contribution in [0.15, 0.2) is 18.6 Å². The van der Waals surface area contributed by atoms with Crippen molar-refractivity contribution in [1.29, 1.82) is 0 Å². The molecule has 25 heavy (non-hydrogen) atoms. The Hall–Kier alpha value is -2.25. The maximum Gasteiger partial charge on any atom is 0.251 e. The number of hydrogen-bond acceptors (Lipinski definition) is 4. The molecular weight excluding hydrogens is 328 g/mol. The first-order valence-electron chi connectivity index (χ1n) is 8.73. The van der Waals surface area contributed by atoms with Crippen molar-refractivity contribution in [3.05, 3.63) is 18.6 Å². The zero-order valence-corrected chi connectivity index (χ0v) is 13.9. The molecule has 2 aliphatic heterocycles. The third-order valence-corrected chi connectivity index (χ3v) is 5.21. The number of nitrogens with zero attached hydrogens (tertiary/aromatic N) is 4. The Morgan fingerprint density at radius 1 is 1.24 bits per heavy atom. The molecule has 1 amide bonds. The summed E-state index contributed by atoms with van der Waals surface area (Å²) in [7, 11) is 0. The molecule has 8 heteroatoms. The number of aromatic nitrogens is 3. The Labute approximate surface area is 144 Å². The second-order valence-corrected chi connectivity index (χ2v) is 6.90. The van der Waals surface area contributed by atoms with E-state index in [4.69, 9.17) is 0 Å². The highest BCUT2D eigenvalue weighted by Gasteiger charge is 2.38. The Bertz CT molecular complexity index is 767. The Morgan fingerprint density at radius 2 is 2.04 bits per heavy atom. The molecule has 0 aromatic carbocycles. The van der Waals surface area contributed by atoms with Crippen LogP contribution < -0.4 is 4.90 Å². The van der Waals surface area contributed by atoms with Gasteiger partial charge in [-0.1, -0.05) is 0 Å². The van der Waals surface area contributed by atoms with Crippen LogP contribution in [0.2, 0.25) is 0 Å². The third kappa shape index (κ3) is 3.17. The van der Waals surface area contributed by atoms with Gasteiger partial charge in [-0.25, -0.2) is 18.7 Å². The van der Waals surface area contributed by atoms with Crippen LogP contribution in [0.1, 0.15) is 25.7 Å². The normalized spacial score (nSPS) is 23.8. The van der Waals surface area contributed by atoms with Gasteiger partial charge < -0.3 is 14.8 Å². The lowest BCUT2D eigenvalue weighted by Crippen LogP contribution is -2.49. The number of aromatic amines is 1. The topological polar surface area (TPSA) is 65.1 Å². The van der Waals surface area contributed by atoms with E-state index in [2.05, 4.69) is 19.9 Å². The molecule has 0 saturated carbocycles. The van der Waals surface area contributed by atoms with Gasteiger partial charge >= 0.3 is 0 Å². The molecule has 1 atom stereocenters. The van der Waals surface area contributed by atoms with E-state index >= 15 is 0 Å². The summed E-state index contributed by atoms with van der Waals surface area (Å²) in [5.41, 5.74) is 0.775. The van der Waals surface area contributed by atoms with Crippen molar-refractivity contribution < 1.29 is 13.6 Å². The fraction of sp³-hybridized carbons (Fsp3) is 0.588. The van der Waals surface area contributed by atoms with Gasteiger partial charge in [-0.3, -0.25) is 4.79 Å². The lowest BCUT2D eigenvalue weighted by Gasteiger charge is -2.38. The molecule has 2 aliphatic rings. The quantitative estimate of drug-likeness (QED) is 0.904. The summed E-state index contributed by atoms with van der Waals surface area (Å²) in [6.07, 6.45) is 4.56. The van der Waals surface area contributed by atoms with E-state index in [9.17, 15) is 13.6 Å². The van der Waals surface area contributed by atoms with Gasteiger partial charge in [0.2, 0.25) is 5.91 Å². The number of carbonyl (C=O) groups excluding carboxylic acids is 1. The number of likely N-dealkylation sites (tertiary alicyclic amines) is 1. The van der Waals surface area contributed by atoms with Crippen molar-refractivity contribution in [2.24, 2.45) is 5.92 Å². The van der Waals surface area contributed by atoms with Gasteiger partial charge in [0.1, 0.15) is 17.8 Å². The van der Waals surface area contributed by atoms with E-state index in [-0.39, 0.29) is 37.8 Å². The molecule has 0 bridgehead atoms. The Balaban J connectivity index is 1.48. The molecule has 4 rings (SSSR count). The van der Waals surface area contributed by atoms with Crippen molar-refractivity contribution in [3.63, 3.8) is 0 Å². The van der Waals surface area contributed by atoms with E-state index in [0.29, 0.717) is 6.54 Å². The number of halogens is 2. The summed E-state index contributed by atoms with van der Waals surface area (Å²) in [6, 6.07) is 1.93. The fourth-order valence-corrected chi connectivity index (χ4v) is 3.79. The van der Waals surface area contributed by atoms with Crippen LogP contribution in [0.25, 0.3) is 11.0 Å². The highest BCUT2D eigenvalue weighted by molar-refractivity contribution is 5.88. The van der Waals surface area contributed by atoms with Crippen LogP contribution in [0.4, 0.5) is 14.6 Å². The van der Waals surface area contributed by atoms with Gasteiger partial charge in [0.25, 0.3) is 5.92 Å². The molecule has 1 N–H and O–H groups in total. The van der Waals surface area contributed by atoms with Crippen LogP contribution in [0, 0.1) is 5.92 Å². The molecular formula is C17H21F2N5O. The minimum Gasteiger partial charge on any atom is -0.355 e. The van der Waals surface area contributed by atoms with Crippen LogP contribution in [0.3, 0.4) is 0 Å². The summed E-state index contributed by atoms with van der Waals surface area (Å²) >= 11 is 0. The molecule has 1 unspecified atom stereocenters. The molecule has 2 aromatic rings. The summed E-state index contributed by atoms with van der Waals surface area (Å²) in [5.74, 6) is -1.96. The number of nitrogens with one attached hydrogen (secondary N) is 1. The molecule has 4 heterocycles. The van der Waals surface area contributed by atoms with Crippen molar-refractivity contribution >= 4 is 22.8 Å². The predicted octanol–water partition coefficient (Wildman–Crippen LogP) is 2.43. The number of H-pyrrole nitrogens is 1. The van der Waals surface area contributed by atoms with Crippen molar-refractivity contribution in [2.45, 2.75) is 31.6 Å². The maximum absolute atomic E-state index is 13.3. The van der Waals surface area contributed by atoms with Crippen LogP contribution >= 0.6 is 0 Å². The third-order valence-electron chi connectivity index (χ3n) is 5.21. The lowest BCUT2D eigenvalue weighted by molar-refractivity contribution is -0.141. The number of carbonyl (C=O) groups is 1. The Kier molecular flexibility index (Phi) is 4.05. The molecule has 0 aliphatic carbocycles. The summed E-state index contributed by atoms with van der Waals surface area (Å²) in [4.78, 5) is 28.2.